The van der Waals surface area contributed by atoms with Crippen LogP contribution in [0.4, 0.5) is 5.82 Å². The van der Waals surface area contributed by atoms with Gasteiger partial charge in [0.15, 0.2) is 5.16 Å². The highest BCUT2D eigenvalue weighted by atomic mass is 32.2. The van der Waals surface area contributed by atoms with E-state index < -0.39 is 0 Å². The summed E-state index contributed by atoms with van der Waals surface area (Å²) in [6.45, 7) is 2.87. The molecule has 0 bridgehead atoms. The summed E-state index contributed by atoms with van der Waals surface area (Å²) in [4.78, 5) is 16.0. The van der Waals surface area contributed by atoms with E-state index in [1.54, 1.807) is 11.8 Å². The van der Waals surface area contributed by atoms with Crippen molar-refractivity contribution in [3.05, 3.63) is 66.4 Å². The summed E-state index contributed by atoms with van der Waals surface area (Å²) >= 11 is 1.58. The molecule has 1 aliphatic heterocycles. The van der Waals surface area contributed by atoms with Gasteiger partial charge < -0.3 is 9.47 Å². The number of thioether (sulfide) groups is 1. The Morgan fingerprint density at radius 3 is 2.85 bits per heavy atom. The number of aromatic nitrogens is 4. The van der Waals surface area contributed by atoms with E-state index in [1.807, 2.05) is 24.7 Å². The lowest BCUT2D eigenvalue weighted by atomic mass is 9.97. The Morgan fingerprint density at radius 1 is 1.12 bits per heavy atom. The molecule has 1 aliphatic rings. The van der Waals surface area contributed by atoms with Gasteiger partial charge in [-0.15, -0.1) is 0 Å². The van der Waals surface area contributed by atoms with E-state index >= 15 is 0 Å². The molecule has 3 heterocycles. The maximum absolute atomic E-state index is 4.70. The van der Waals surface area contributed by atoms with Crippen LogP contribution in [0.3, 0.4) is 0 Å². The second-order valence-corrected chi connectivity index (χ2v) is 7.36. The predicted octanol–water partition coefficient (Wildman–Crippen LogP) is 3.83. The zero-order chi connectivity index (χ0) is 17.8. The van der Waals surface area contributed by atoms with E-state index in [9.17, 15) is 0 Å². The summed E-state index contributed by atoms with van der Waals surface area (Å²) in [6, 6.07) is 12.6. The van der Waals surface area contributed by atoms with Crippen LogP contribution in [0.15, 0.2) is 60.1 Å². The number of imidazole rings is 1. The lowest BCUT2D eigenvalue weighted by Gasteiger charge is -2.33. The molecular weight excluding hydrogens is 342 g/mol. The lowest BCUT2D eigenvalue weighted by molar-refractivity contribution is 0.473. The van der Waals surface area contributed by atoms with Crippen molar-refractivity contribution in [2.75, 3.05) is 24.2 Å². The Morgan fingerprint density at radius 2 is 2.00 bits per heavy atom. The van der Waals surface area contributed by atoms with Crippen molar-refractivity contribution in [2.24, 2.45) is 0 Å². The van der Waals surface area contributed by atoms with E-state index in [0.717, 1.165) is 37.0 Å². The van der Waals surface area contributed by atoms with Crippen molar-refractivity contribution in [1.82, 2.24) is 19.5 Å². The zero-order valence-corrected chi connectivity index (χ0v) is 15.8. The Bertz CT molecular complexity index is 848. The van der Waals surface area contributed by atoms with Crippen LogP contribution in [0.1, 0.15) is 30.1 Å². The monoisotopic (exact) mass is 365 g/mol. The van der Waals surface area contributed by atoms with Crippen LogP contribution in [0.25, 0.3) is 0 Å². The maximum atomic E-state index is 4.70. The Labute approximate surface area is 158 Å². The standard InChI is InChI=1S/C20H23N5S/c1-26-20-22-10-9-18(23-20)24-12-5-8-17(15-24)19-21-11-13-25(19)14-16-6-3-2-4-7-16/h2-4,6-7,9-11,13,17H,5,8,12,14-15H2,1H3/t17-/m1/s1. The third-order valence-corrected chi connectivity index (χ3v) is 5.42. The average Bonchev–Trinajstić information content (AvgIpc) is 3.17. The first-order valence-corrected chi connectivity index (χ1v) is 10.2. The molecule has 1 fully saturated rings. The molecular formula is C20H23N5S. The van der Waals surface area contributed by atoms with Crippen LogP contribution in [0.5, 0.6) is 0 Å². The SMILES string of the molecule is CSc1nccc(N2CCC[C@@H](c3nccn3Cc3ccccc3)C2)n1. The van der Waals surface area contributed by atoms with Gasteiger partial charge in [0.2, 0.25) is 0 Å². The normalized spacial score (nSPS) is 17.4. The first kappa shape index (κ1) is 17.1. The molecule has 0 N–H and O–H groups in total. The fraction of sp³-hybridized carbons (Fsp3) is 0.350. The fourth-order valence-electron chi connectivity index (χ4n) is 3.60. The summed E-state index contributed by atoms with van der Waals surface area (Å²) in [5.41, 5.74) is 1.31. The first-order valence-electron chi connectivity index (χ1n) is 9.00. The molecule has 1 atom stereocenters. The fourth-order valence-corrected chi connectivity index (χ4v) is 3.95. The van der Waals surface area contributed by atoms with E-state index in [-0.39, 0.29) is 0 Å². The number of anilines is 1. The number of benzene rings is 1. The highest BCUT2D eigenvalue weighted by Gasteiger charge is 2.25. The molecule has 6 heteroatoms. The summed E-state index contributed by atoms with van der Waals surface area (Å²) in [5.74, 6) is 2.63. The van der Waals surface area contributed by atoms with Gasteiger partial charge in [0.1, 0.15) is 11.6 Å². The first-order chi connectivity index (χ1) is 12.8. The van der Waals surface area contributed by atoms with Gasteiger partial charge in [-0.05, 0) is 30.7 Å². The van der Waals surface area contributed by atoms with Gasteiger partial charge in [-0.3, -0.25) is 0 Å². The van der Waals surface area contributed by atoms with Crippen molar-refractivity contribution in [2.45, 2.75) is 30.5 Å². The third kappa shape index (κ3) is 3.75. The van der Waals surface area contributed by atoms with Gasteiger partial charge in [0.05, 0.1) is 0 Å². The minimum absolute atomic E-state index is 0.426. The van der Waals surface area contributed by atoms with Gasteiger partial charge in [-0.2, -0.15) is 0 Å². The van der Waals surface area contributed by atoms with Crippen LogP contribution in [0.2, 0.25) is 0 Å². The summed E-state index contributed by atoms with van der Waals surface area (Å²) in [7, 11) is 0. The van der Waals surface area contributed by atoms with E-state index in [4.69, 9.17) is 4.98 Å². The van der Waals surface area contributed by atoms with Gasteiger partial charge in [-0.1, -0.05) is 42.1 Å². The second kappa shape index (κ2) is 7.91. The van der Waals surface area contributed by atoms with Crippen LogP contribution < -0.4 is 4.90 Å². The number of hydrogen-bond acceptors (Lipinski definition) is 5. The molecule has 0 radical (unpaired) electrons. The highest BCUT2D eigenvalue weighted by molar-refractivity contribution is 7.98. The summed E-state index contributed by atoms with van der Waals surface area (Å²) < 4.78 is 2.29. The molecule has 0 aliphatic carbocycles. The quantitative estimate of drug-likeness (QED) is 0.508. The van der Waals surface area contributed by atoms with Gasteiger partial charge in [0, 0.05) is 44.1 Å². The number of rotatable bonds is 5. The lowest BCUT2D eigenvalue weighted by Crippen LogP contribution is -2.36. The van der Waals surface area contributed by atoms with Crippen LogP contribution in [-0.2, 0) is 6.54 Å². The number of nitrogens with zero attached hydrogens (tertiary/aromatic N) is 5. The molecule has 1 aromatic carbocycles. The van der Waals surface area contributed by atoms with Crippen molar-refractivity contribution < 1.29 is 0 Å². The Kier molecular flexibility index (Phi) is 5.20. The minimum atomic E-state index is 0.426. The molecule has 0 amide bonds. The second-order valence-electron chi connectivity index (χ2n) is 6.59. The van der Waals surface area contributed by atoms with E-state index in [0.29, 0.717) is 5.92 Å². The van der Waals surface area contributed by atoms with Crippen LogP contribution >= 0.6 is 11.8 Å². The van der Waals surface area contributed by atoms with Crippen molar-refractivity contribution >= 4 is 17.6 Å². The molecule has 3 aromatic rings. The average molecular weight is 366 g/mol. The zero-order valence-electron chi connectivity index (χ0n) is 15.0. The number of piperidine rings is 1. The Balaban J connectivity index is 1.52. The van der Waals surface area contributed by atoms with Crippen molar-refractivity contribution in [1.29, 1.82) is 0 Å². The van der Waals surface area contributed by atoms with Crippen molar-refractivity contribution in [3.8, 4) is 0 Å². The maximum Gasteiger partial charge on any atom is 0.189 e. The largest absolute Gasteiger partial charge is 0.356 e. The Hall–Kier alpha value is -2.34. The molecule has 4 rings (SSSR count). The predicted molar refractivity (Wildman–Crippen MR) is 106 cm³/mol. The van der Waals surface area contributed by atoms with Gasteiger partial charge >= 0.3 is 0 Å². The smallest absolute Gasteiger partial charge is 0.189 e. The van der Waals surface area contributed by atoms with Gasteiger partial charge in [0.25, 0.3) is 0 Å². The van der Waals surface area contributed by atoms with E-state index in [2.05, 4.69) is 56.0 Å². The van der Waals surface area contributed by atoms with Crippen LogP contribution in [-0.4, -0.2) is 38.9 Å². The molecule has 134 valence electrons. The molecule has 0 spiro atoms. The minimum Gasteiger partial charge on any atom is -0.356 e. The van der Waals surface area contributed by atoms with Gasteiger partial charge in [-0.25, -0.2) is 15.0 Å². The summed E-state index contributed by atoms with van der Waals surface area (Å²) in [5, 5.41) is 0.829. The summed E-state index contributed by atoms with van der Waals surface area (Å²) in [6.07, 6.45) is 10.2. The molecule has 5 nitrogen and oxygen atoms in total. The van der Waals surface area contributed by atoms with Crippen molar-refractivity contribution in [3.63, 3.8) is 0 Å². The number of hydrogen-bond donors (Lipinski definition) is 0. The van der Waals surface area contributed by atoms with E-state index in [1.165, 1.54) is 17.8 Å². The molecule has 26 heavy (non-hydrogen) atoms. The van der Waals surface area contributed by atoms with Crippen LogP contribution in [0, 0.1) is 0 Å². The molecule has 0 unspecified atom stereocenters. The molecule has 2 aromatic heterocycles. The third-order valence-electron chi connectivity index (χ3n) is 4.86. The topological polar surface area (TPSA) is 46.8 Å². The molecule has 1 saturated heterocycles. The molecule has 0 saturated carbocycles. The highest BCUT2D eigenvalue weighted by Crippen LogP contribution is 2.29.